The van der Waals surface area contributed by atoms with Gasteiger partial charge in [-0.3, -0.25) is 14.6 Å². The Morgan fingerprint density at radius 1 is 1.40 bits per heavy atom. The van der Waals surface area contributed by atoms with Crippen LogP contribution in [0.2, 0.25) is 0 Å². The summed E-state index contributed by atoms with van der Waals surface area (Å²) in [6.45, 7) is 3.34. The summed E-state index contributed by atoms with van der Waals surface area (Å²) in [6.07, 6.45) is 1.35. The molecule has 0 fully saturated rings. The number of nitrogens with zero attached hydrogens (tertiary/aromatic N) is 3. The minimum atomic E-state index is -1.03. The number of amides is 1. The van der Waals surface area contributed by atoms with Crippen LogP contribution in [0.25, 0.3) is 0 Å². The SMILES string of the molecule is CC1=NN(c2ccc(C)cc2)C(=O)[C@H]1C=NCC(=O)O. The van der Waals surface area contributed by atoms with Gasteiger partial charge in [-0.2, -0.15) is 10.1 Å². The molecule has 0 saturated carbocycles. The molecule has 1 amide bonds. The number of hydrazone groups is 1. The number of hydrogen-bond donors (Lipinski definition) is 1. The van der Waals surface area contributed by atoms with Gasteiger partial charge in [-0.15, -0.1) is 0 Å². The monoisotopic (exact) mass is 273 g/mol. The molecule has 0 saturated heterocycles. The summed E-state index contributed by atoms with van der Waals surface area (Å²) < 4.78 is 0. The van der Waals surface area contributed by atoms with Crippen LogP contribution < -0.4 is 5.01 Å². The average molecular weight is 273 g/mol. The molecule has 0 aliphatic carbocycles. The second-order valence-corrected chi connectivity index (χ2v) is 4.59. The quantitative estimate of drug-likeness (QED) is 0.844. The Labute approximate surface area is 116 Å². The molecule has 6 heteroatoms. The van der Waals surface area contributed by atoms with Gasteiger partial charge in [0.1, 0.15) is 12.5 Å². The van der Waals surface area contributed by atoms with E-state index in [0.29, 0.717) is 11.4 Å². The number of carbonyl (C=O) groups is 2. The van der Waals surface area contributed by atoms with Crippen molar-refractivity contribution in [1.82, 2.24) is 0 Å². The molecular weight excluding hydrogens is 258 g/mol. The molecule has 0 radical (unpaired) electrons. The lowest BCUT2D eigenvalue weighted by Crippen LogP contribution is -2.28. The topological polar surface area (TPSA) is 82.3 Å². The number of rotatable bonds is 4. The standard InChI is InChI=1S/C14H15N3O3/c1-9-3-5-11(6-4-9)17-14(20)12(10(2)16-17)7-15-8-13(18)19/h3-7,12H,8H2,1-2H3,(H,18,19)/t12-/m0/s1. The van der Waals surface area contributed by atoms with Crippen molar-refractivity contribution in [3.05, 3.63) is 29.8 Å². The lowest BCUT2D eigenvalue weighted by molar-refractivity contribution is -0.135. The first-order chi connectivity index (χ1) is 9.49. The van der Waals surface area contributed by atoms with Crippen molar-refractivity contribution in [1.29, 1.82) is 0 Å². The van der Waals surface area contributed by atoms with Gasteiger partial charge in [-0.1, -0.05) is 17.7 Å². The molecule has 1 N–H and O–H groups in total. The van der Waals surface area contributed by atoms with Crippen molar-refractivity contribution in [3.8, 4) is 0 Å². The van der Waals surface area contributed by atoms with Crippen molar-refractivity contribution >= 4 is 29.5 Å². The number of carboxylic acid groups (broad SMARTS) is 1. The summed E-state index contributed by atoms with van der Waals surface area (Å²) in [6, 6.07) is 7.44. The maximum absolute atomic E-state index is 12.2. The molecule has 0 bridgehead atoms. The summed E-state index contributed by atoms with van der Waals surface area (Å²) in [5.74, 6) is -1.84. The second kappa shape index (κ2) is 5.64. The first-order valence-corrected chi connectivity index (χ1v) is 6.16. The summed E-state index contributed by atoms with van der Waals surface area (Å²) in [5, 5.41) is 14.1. The lowest BCUT2D eigenvalue weighted by Gasteiger charge is -2.12. The van der Waals surface area contributed by atoms with E-state index < -0.39 is 11.9 Å². The number of carbonyl (C=O) groups excluding carboxylic acids is 1. The highest BCUT2D eigenvalue weighted by Crippen LogP contribution is 2.23. The number of benzene rings is 1. The molecule has 6 nitrogen and oxygen atoms in total. The summed E-state index contributed by atoms with van der Waals surface area (Å²) in [5.41, 5.74) is 2.39. The zero-order chi connectivity index (χ0) is 14.7. The van der Waals surface area contributed by atoms with Crippen LogP contribution in [0, 0.1) is 12.8 Å². The van der Waals surface area contributed by atoms with Crippen molar-refractivity contribution in [2.24, 2.45) is 16.0 Å². The first kappa shape index (κ1) is 13.9. The Bertz CT molecular complexity index is 590. The number of hydrogen-bond acceptors (Lipinski definition) is 4. The van der Waals surface area contributed by atoms with Crippen LogP contribution in [0.5, 0.6) is 0 Å². The molecule has 0 unspecified atom stereocenters. The maximum atomic E-state index is 12.2. The third kappa shape index (κ3) is 2.90. The number of anilines is 1. The predicted octanol–water partition coefficient (Wildman–Crippen LogP) is 1.49. The minimum Gasteiger partial charge on any atom is -0.480 e. The Hall–Kier alpha value is -2.50. The maximum Gasteiger partial charge on any atom is 0.325 e. The van der Waals surface area contributed by atoms with E-state index >= 15 is 0 Å². The largest absolute Gasteiger partial charge is 0.480 e. The zero-order valence-electron chi connectivity index (χ0n) is 11.3. The van der Waals surface area contributed by atoms with Gasteiger partial charge < -0.3 is 5.11 Å². The van der Waals surface area contributed by atoms with Gasteiger partial charge >= 0.3 is 5.97 Å². The summed E-state index contributed by atoms with van der Waals surface area (Å²) in [7, 11) is 0. The molecule has 2 rings (SSSR count). The Morgan fingerprint density at radius 3 is 2.65 bits per heavy atom. The van der Waals surface area contributed by atoms with E-state index in [4.69, 9.17) is 5.11 Å². The smallest absolute Gasteiger partial charge is 0.325 e. The highest BCUT2D eigenvalue weighted by atomic mass is 16.4. The molecule has 1 atom stereocenters. The van der Waals surface area contributed by atoms with Gasteiger partial charge in [0, 0.05) is 6.21 Å². The summed E-state index contributed by atoms with van der Waals surface area (Å²) in [4.78, 5) is 26.4. The van der Waals surface area contributed by atoms with E-state index in [2.05, 4.69) is 10.1 Å². The van der Waals surface area contributed by atoms with Gasteiger partial charge in [0.25, 0.3) is 5.91 Å². The van der Waals surface area contributed by atoms with Gasteiger partial charge in [0.2, 0.25) is 0 Å². The molecule has 20 heavy (non-hydrogen) atoms. The van der Waals surface area contributed by atoms with Gasteiger partial charge in [-0.05, 0) is 26.0 Å². The molecule has 0 spiro atoms. The van der Waals surface area contributed by atoms with E-state index in [1.807, 2.05) is 31.2 Å². The molecule has 104 valence electrons. The molecule has 1 aliphatic heterocycles. The van der Waals surface area contributed by atoms with E-state index in [0.717, 1.165) is 5.56 Å². The second-order valence-electron chi connectivity index (χ2n) is 4.59. The van der Waals surface area contributed by atoms with E-state index in [9.17, 15) is 9.59 Å². The molecule has 0 aromatic heterocycles. The third-order valence-electron chi connectivity index (χ3n) is 2.94. The molecule has 1 aromatic rings. The fourth-order valence-electron chi connectivity index (χ4n) is 1.86. The highest BCUT2D eigenvalue weighted by Gasteiger charge is 2.33. The Balaban J connectivity index is 2.16. The molecule has 1 heterocycles. The fraction of sp³-hybridized carbons (Fsp3) is 0.286. The molecule has 1 aliphatic rings. The van der Waals surface area contributed by atoms with Gasteiger partial charge in [-0.25, -0.2) is 0 Å². The molecule has 1 aromatic carbocycles. The zero-order valence-corrected chi connectivity index (χ0v) is 11.3. The van der Waals surface area contributed by atoms with Crippen molar-refractivity contribution in [3.63, 3.8) is 0 Å². The van der Waals surface area contributed by atoms with Crippen LogP contribution in [-0.2, 0) is 9.59 Å². The minimum absolute atomic E-state index is 0.222. The normalized spacial score (nSPS) is 18.7. The van der Waals surface area contributed by atoms with Crippen LogP contribution in [0.15, 0.2) is 34.4 Å². The highest BCUT2D eigenvalue weighted by molar-refractivity contribution is 6.23. The van der Waals surface area contributed by atoms with Crippen LogP contribution in [0.4, 0.5) is 5.69 Å². The molecular formula is C14H15N3O3. The van der Waals surface area contributed by atoms with Crippen LogP contribution in [0.3, 0.4) is 0 Å². The van der Waals surface area contributed by atoms with Crippen molar-refractivity contribution in [2.45, 2.75) is 13.8 Å². The number of aliphatic carboxylic acids is 1. The van der Waals surface area contributed by atoms with Crippen molar-refractivity contribution < 1.29 is 14.7 Å². The Kier molecular flexibility index (Phi) is 3.93. The first-order valence-electron chi connectivity index (χ1n) is 6.16. The van der Waals surface area contributed by atoms with Gasteiger partial charge in [0.05, 0.1) is 11.4 Å². The van der Waals surface area contributed by atoms with Crippen LogP contribution in [0.1, 0.15) is 12.5 Å². The van der Waals surface area contributed by atoms with Crippen LogP contribution >= 0.6 is 0 Å². The van der Waals surface area contributed by atoms with E-state index in [1.54, 1.807) is 6.92 Å². The van der Waals surface area contributed by atoms with E-state index in [-0.39, 0.29) is 12.5 Å². The van der Waals surface area contributed by atoms with E-state index in [1.165, 1.54) is 11.2 Å². The summed E-state index contributed by atoms with van der Waals surface area (Å²) >= 11 is 0. The third-order valence-corrected chi connectivity index (χ3v) is 2.94. The predicted molar refractivity (Wildman–Crippen MR) is 76.3 cm³/mol. The van der Waals surface area contributed by atoms with Crippen molar-refractivity contribution in [2.75, 3.05) is 11.6 Å². The average Bonchev–Trinajstić information content (AvgIpc) is 2.67. The number of carboxylic acids is 1. The van der Waals surface area contributed by atoms with Gasteiger partial charge in [0.15, 0.2) is 0 Å². The fourth-order valence-corrected chi connectivity index (χ4v) is 1.86. The lowest BCUT2D eigenvalue weighted by atomic mass is 10.1. The number of aryl methyl sites for hydroxylation is 1. The Morgan fingerprint density at radius 2 is 2.05 bits per heavy atom. The van der Waals surface area contributed by atoms with Crippen LogP contribution in [-0.4, -0.2) is 35.5 Å². The number of aliphatic imine (C=N–C) groups is 1.